The summed E-state index contributed by atoms with van der Waals surface area (Å²) in [4.78, 5) is 12.7. The molecule has 3 aromatic carbocycles. The number of hydrogen-bond donors (Lipinski definition) is 1. The van der Waals surface area contributed by atoms with Crippen LogP contribution in [0.4, 0.5) is 5.69 Å². The van der Waals surface area contributed by atoms with Gasteiger partial charge in [0.25, 0.3) is 5.91 Å². The van der Waals surface area contributed by atoms with Gasteiger partial charge in [0.2, 0.25) is 0 Å². The summed E-state index contributed by atoms with van der Waals surface area (Å²) in [6.07, 6.45) is 2.29. The summed E-state index contributed by atoms with van der Waals surface area (Å²) in [5.41, 5.74) is 7.02. The number of nitriles is 1. The smallest absolute Gasteiger partial charge is 0.266 e. The van der Waals surface area contributed by atoms with E-state index in [0.717, 1.165) is 21.3 Å². The SMILES string of the molecule is CCOc1cc(/C=C(\C#N)C(=O)Nc2ccccc2C)cc(Br)c1Cc1cc(C)cc(C)c1. The minimum atomic E-state index is -0.444. The van der Waals surface area contributed by atoms with E-state index in [-0.39, 0.29) is 5.57 Å². The molecule has 0 bridgehead atoms. The van der Waals surface area contributed by atoms with Crippen LogP contribution < -0.4 is 10.1 Å². The molecule has 0 saturated carbocycles. The van der Waals surface area contributed by atoms with Crippen LogP contribution in [0.25, 0.3) is 6.08 Å². The molecule has 0 unspecified atom stereocenters. The first-order valence-electron chi connectivity index (χ1n) is 10.8. The zero-order valence-electron chi connectivity index (χ0n) is 19.3. The van der Waals surface area contributed by atoms with Gasteiger partial charge in [-0.05, 0) is 68.7 Å². The van der Waals surface area contributed by atoms with Gasteiger partial charge < -0.3 is 10.1 Å². The Balaban J connectivity index is 1.94. The number of para-hydroxylation sites is 1. The van der Waals surface area contributed by atoms with E-state index >= 15 is 0 Å². The first kappa shape index (κ1) is 24.3. The quantitative estimate of drug-likeness (QED) is 0.282. The fourth-order valence-electron chi connectivity index (χ4n) is 3.76. The normalized spacial score (nSPS) is 11.1. The first-order valence-corrected chi connectivity index (χ1v) is 11.6. The molecule has 4 nitrogen and oxygen atoms in total. The number of nitrogens with zero attached hydrogens (tertiary/aromatic N) is 1. The number of hydrogen-bond acceptors (Lipinski definition) is 3. The number of amides is 1. The van der Waals surface area contributed by atoms with Crippen LogP contribution in [0.1, 0.15) is 40.3 Å². The minimum Gasteiger partial charge on any atom is -0.494 e. The Hall–Kier alpha value is -3.36. The van der Waals surface area contributed by atoms with E-state index < -0.39 is 5.91 Å². The average Bonchev–Trinajstić information content (AvgIpc) is 2.75. The van der Waals surface area contributed by atoms with Gasteiger partial charge in [-0.3, -0.25) is 4.79 Å². The summed E-state index contributed by atoms with van der Waals surface area (Å²) in [6, 6.07) is 19.8. The number of rotatable bonds is 7. The molecule has 0 aromatic heterocycles. The van der Waals surface area contributed by atoms with Crippen molar-refractivity contribution in [1.82, 2.24) is 0 Å². The standard InChI is InChI=1S/C28H27BrN2O2/c1-5-33-27-16-22(13-23(17-30)28(32)31-26-9-7-6-8-20(26)4)15-25(29)24(27)14-21-11-18(2)10-19(3)12-21/h6-13,15-16H,5,14H2,1-4H3,(H,31,32)/b23-13+. The Morgan fingerprint density at radius 1 is 1.09 bits per heavy atom. The van der Waals surface area contributed by atoms with Gasteiger partial charge in [-0.25, -0.2) is 0 Å². The van der Waals surface area contributed by atoms with Crippen LogP contribution in [-0.4, -0.2) is 12.5 Å². The predicted molar refractivity (Wildman–Crippen MR) is 137 cm³/mol. The molecule has 0 saturated heterocycles. The van der Waals surface area contributed by atoms with Gasteiger partial charge in [0.15, 0.2) is 0 Å². The van der Waals surface area contributed by atoms with Crippen molar-refractivity contribution >= 4 is 33.6 Å². The zero-order valence-corrected chi connectivity index (χ0v) is 20.9. The van der Waals surface area contributed by atoms with E-state index in [1.165, 1.54) is 16.7 Å². The van der Waals surface area contributed by atoms with Crippen molar-refractivity contribution in [2.24, 2.45) is 0 Å². The molecular formula is C28H27BrN2O2. The lowest BCUT2D eigenvalue weighted by atomic mass is 9.98. The summed E-state index contributed by atoms with van der Waals surface area (Å²) in [6.45, 7) is 8.54. The molecule has 0 atom stereocenters. The second kappa shape index (κ2) is 11.0. The van der Waals surface area contributed by atoms with Crippen LogP contribution in [0.15, 0.2) is 64.6 Å². The summed E-state index contributed by atoms with van der Waals surface area (Å²) in [7, 11) is 0. The number of benzene rings is 3. The Morgan fingerprint density at radius 2 is 1.79 bits per heavy atom. The number of halogens is 1. The highest BCUT2D eigenvalue weighted by atomic mass is 79.9. The van der Waals surface area contributed by atoms with Crippen molar-refractivity contribution in [2.45, 2.75) is 34.1 Å². The van der Waals surface area contributed by atoms with E-state index in [9.17, 15) is 10.1 Å². The molecule has 33 heavy (non-hydrogen) atoms. The summed E-state index contributed by atoms with van der Waals surface area (Å²) < 4.78 is 6.81. The molecule has 1 N–H and O–H groups in total. The second-order valence-corrected chi connectivity index (χ2v) is 8.88. The van der Waals surface area contributed by atoms with Crippen molar-refractivity contribution < 1.29 is 9.53 Å². The van der Waals surface area contributed by atoms with Crippen LogP contribution in [-0.2, 0) is 11.2 Å². The molecular weight excluding hydrogens is 476 g/mol. The third-order valence-corrected chi connectivity index (χ3v) is 5.92. The molecule has 0 fully saturated rings. The van der Waals surface area contributed by atoms with E-state index in [4.69, 9.17) is 4.74 Å². The van der Waals surface area contributed by atoms with Gasteiger partial charge in [0, 0.05) is 22.1 Å². The fraction of sp³-hybridized carbons (Fsp3) is 0.214. The van der Waals surface area contributed by atoms with Crippen LogP contribution in [0.5, 0.6) is 5.75 Å². The van der Waals surface area contributed by atoms with Gasteiger partial charge in [-0.2, -0.15) is 5.26 Å². The fourth-order valence-corrected chi connectivity index (χ4v) is 4.36. The molecule has 3 rings (SSSR count). The van der Waals surface area contributed by atoms with E-state index in [2.05, 4.69) is 53.3 Å². The van der Waals surface area contributed by atoms with E-state index in [0.29, 0.717) is 24.3 Å². The highest BCUT2D eigenvalue weighted by Gasteiger charge is 2.15. The molecule has 5 heteroatoms. The maximum Gasteiger partial charge on any atom is 0.266 e. The summed E-state index contributed by atoms with van der Waals surface area (Å²) in [5, 5.41) is 12.4. The number of ether oxygens (including phenoxy) is 1. The highest BCUT2D eigenvalue weighted by Crippen LogP contribution is 2.33. The molecule has 0 aliphatic carbocycles. The zero-order chi connectivity index (χ0) is 24.0. The van der Waals surface area contributed by atoms with Crippen LogP contribution >= 0.6 is 15.9 Å². The average molecular weight is 503 g/mol. The lowest BCUT2D eigenvalue weighted by molar-refractivity contribution is -0.112. The van der Waals surface area contributed by atoms with Gasteiger partial charge in [-0.15, -0.1) is 0 Å². The number of aryl methyl sites for hydroxylation is 3. The Bertz CT molecular complexity index is 1230. The topological polar surface area (TPSA) is 62.1 Å². The monoisotopic (exact) mass is 502 g/mol. The van der Waals surface area contributed by atoms with Crippen molar-refractivity contribution in [2.75, 3.05) is 11.9 Å². The molecule has 0 radical (unpaired) electrons. The van der Waals surface area contributed by atoms with Gasteiger partial charge >= 0.3 is 0 Å². The maximum atomic E-state index is 12.7. The van der Waals surface area contributed by atoms with E-state index in [1.54, 1.807) is 6.08 Å². The van der Waals surface area contributed by atoms with Gasteiger partial charge in [-0.1, -0.05) is 63.5 Å². The third kappa shape index (κ3) is 6.34. The van der Waals surface area contributed by atoms with Crippen LogP contribution in [0.3, 0.4) is 0 Å². The lowest BCUT2D eigenvalue weighted by Crippen LogP contribution is -2.14. The molecule has 0 aliphatic rings. The summed E-state index contributed by atoms with van der Waals surface area (Å²) in [5.74, 6) is 0.286. The predicted octanol–water partition coefficient (Wildman–Crippen LogP) is 6.91. The Morgan fingerprint density at radius 3 is 2.42 bits per heavy atom. The van der Waals surface area contributed by atoms with Gasteiger partial charge in [0.1, 0.15) is 17.4 Å². The molecule has 0 heterocycles. The van der Waals surface area contributed by atoms with Crippen molar-refractivity contribution in [1.29, 1.82) is 5.26 Å². The number of anilines is 1. The first-order chi connectivity index (χ1) is 15.8. The molecule has 3 aromatic rings. The number of carbonyl (C=O) groups excluding carboxylic acids is 1. The largest absolute Gasteiger partial charge is 0.494 e. The maximum absolute atomic E-state index is 12.7. The molecule has 1 amide bonds. The van der Waals surface area contributed by atoms with Crippen molar-refractivity contribution in [3.63, 3.8) is 0 Å². The molecule has 0 aliphatic heterocycles. The second-order valence-electron chi connectivity index (χ2n) is 8.02. The summed E-state index contributed by atoms with van der Waals surface area (Å²) >= 11 is 3.68. The highest BCUT2D eigenvalue weighted by molar-refractivity contribution is 9.10. The Labute approximate surface area is 204 Å². The molecule has 0 spiro atoms. The Kier molecular flexibility index (Phi) is 8.08. The minimum absolute atomic E-state index is 0.0228. The van der Waals surface area contributed by atoms with Crippen molar-refractivity contribution in [3.8, 4) is 11.8 Å². The van der Waals surface area contributed by atoms with Gasteiger partial charge in [0.05, 0.1) is 6.61 Å². The lowest BCUT2D eigenvalue weighted by Gasteiger charge is -2.15. The molecule has 168 valence electrons. The number of carbonyl (C=O) groups is 1. The number of nitrogens with one attached hydrogen (secondary N) is 1. The van der Waals surface area contributed by atoms with Crippen LogP contribution in [0, 0.1) is 32.1 Å². The van der Waals surface area contributed by atoms with Crippen LogP contribution in [0.2, 0.25) is 0 Å². The van der Waals surface area contributed by atoms with E-state index in [1.807, 2.05) is 56.3 Å². The van der Waals surface area contributed by atoms with Crippen molar-refractivity contribution in [3.05, 3.63) is 98.0 Å². The third-order valence-electron chi connectivity index (χ3n) is 5.21.